The third kappa shape index (κ3) is 8.71. The SMILES string of the molecule is CC1(O)CC(=O)CC2=C1C(C1CCN(c3ccc(OC(F)F)cc3)CC1)=NC2.CC1(O)CC(=O)CC2=C1C(C1CCN(c3ccc(OC(F)F)cc3)CC1)=NC2. The number of aliphatic imine (C=N–C) groups is 2. The van der Waals surface area contributed by atoms with E-state index in [2.05, 4.69) is 19.3 Å². The summed E-state index contributed by atoms with van der Waals surface area (Å²) in [5, 5.41) is 21.6. The number of benzene rings is 2. The maximum atomic E-state index is 12.3. The summed E-state index contributed by atoms with van der Waals surface area (Å²) in [7, 11) is 0. The zero-order valence-corrected chi connectivity index (χ0v) is 31.7. The van der Waals surface area contributed by atoms with E-state index in [4.69, 9.17) is 9.98 Å². The predicted octanol–water partition coefficient (Wildman–Crippen LogP) is 6.74. The molecule has 300 valence electrons. The van der Waals surface area contributed by atoms with Crippen LogP contribution in [0.4, 0.5) is 28.9 Å². The molecule has 4 aliphatic heterocycles. The normalized spacial score (nSPS) is 26.0. The molecule has 2 N–H and O–H groups in total. The van der Waals surface area contributed by atoms with E-state index in [1.54, 1.807) is 62.4 Å². The quantitative estimate of drug-likeness (QED) is 0.283. The highest BCUT2D eigenvalue weighted by atomic mass is 19.3. The predicted molar refractivity (Wildman–Crippen MR) is 204 cm³/mol. The van der Waals surface area contributed by atoms with E-state index in [-0.39, 0.29) is 47.7 Å². The van der Waals surface area contributed by atoms with Gasteiger partial charge in [0, 0.05) is 97.6 Å². The third-order valence-corrected chi connectivity index (χ3v) is 11.7. The summed E-state index contributed by atoms with van der Waals surface area (Å²) < 4.78 is 57.9. The third-order valence-electron chi connectivity index (χ3n) is 11.7. The lowest BCUT2D eigenvalue weighted by atomic mass is 9.74. The molecule has 10 nitrogen and oxygen atoms in total. The lowest BCUT2D eigenvalue weighted by molar-refractivity contribution is -0.123. The maximum absolute atomic E-state index is 12.3. The molecule has 4 heterocycles. The average Bonchev–Trinajstić information content (AvgIpc) is 3.78. The van der Waals surface area contributed by atoms with E-state index in [9.17, 15) is 37.4 Å². The first-order valence-electron chi connectivity index (χ1n) is 19.3. The Labute approximate surface area is 323 Å². The fraction of sp³-hybridized carbons (Fsp3) is 0.524. The van der Waals surface area contributed by atoms with Crippen LogP contribution in [-0.2, 0) is 9.59 Å². The highest BCUT2D eigenvalue weighted by molar-refractivity contribution is 6.09. The molecule has 2 atom stereocenters. The molecule has 6 aliphatic rings. The van der Waals surface area contributed by atoms with Crippen molar-refractivity contribution in [1.29, 1.82) is 0 Å². The van der Waals surface area contributed by atoms with Crippen molar-refractivity contribution in [3.63, 3.8) is 0 Å². The number of hydrogen-bond acceptors (Lipinski definition) is 10. The highest BCUT2D eigenvalue weighted by Gasteiger charge is 2.44. The number of aliphatic hydroxyl groups is 2. The van der Waals surface area contributed by atoms with Crippen molar-refractivity contribution in [2.24, 2.45) is 21.8 Å². The van der Waals surface area contributed by atoms with Crippen LogP contribution < -0.4 is 19.3 Å². The van der Waals surface area contributed by atoms with Crippen LogP contribution in [0, 0.1) is 11.8 Å². The van der Waals surface area contributed by atoms with E-state index in [1.807, 2.05) is 0 Å². The molecule has 2 unspecified atom stereocenters. The van der Waals surface area contributed by atoms with Crippen molar-refractivity contribution < 1.29 is 46.8 Å². The van der Waals surface area contributed by atoms with Gasteiger partial charge in [-0.25, -0.2) is 0 Å². The molecule has 0 spiro atoms. The molecule has 0 saturated carbocycles. The van der Waals surface area contributed by atoms with Gasteiger partial charge in [0.25, 0.3) is 0 Å². The first-order chi connectivity index (χ1) is 26.7. The van der Waals surface area contributed by atoms with Crippen LogP contribution >= 0.6 is 0 Å². The summed E-state index contributed by atoms with van der Waals surface area (Å²) in [4.78, 5) is 37.6. The fourth-order valence-electron chi connectivity index (χ4n) is 9.35. The number of nitrogens with zero attached hydrogens (tertiary/aromatic N) is 4. The summed E-state index contributed by atoms with van der Waals surface area (Å²) in [6, 6.07) is 13.4. The molecule has 0 bridgehead atoms. The molecule has 2 saturated heterocycles. The van der Waals surface area contributed by atoms with Gasteiger partial charge in [0.2, 0.25) is 0 Å². The standard InChI is InChI=1S/2C21H24F2N2O3/c2*1-21(27)11-16(26)10-14-12-24-19(18(14)21)13-6-8-25(9-7-13)15-2-4-17(5-3-15)28-20(22)23/h2*2-5,13,20,27H,6-12H2,1H3. The van der Waals surface area contributed by atoms with Gasteiger partial charge in [-0.05, 0) is 99.2 Å². The van der Waals surface area contributed by atoms with E-state index in [0.29, 0.717) is 25.9 Å². The minimum absolute atomic E-state index is 0.0780. The van der Waals surface area contributed by atoms with Crippen molar-refractivity contribution in [3.05, 3.63) is 70.8 Å². The van der Waals surface area contributed by atoms with Crippen LogP contribution in [0.5, 0.6) is 11.5 Å². The van der Waals surface area contributed by atoms with Crippen LogP contribution in [0.3, 0.4) is 0 Å². The second-order valence-corrected chi connectivity index (χ2v) is 16.0. The van der Waals surface area contributed by atoms with Gasteiger partial charge in [0.05, 0.1) is 24.3 Å². The number of carbonyl (C=O) groups is 2. The molecule has 2 aliphatic carbocycles. The van der Waals surface area contributed by atoms with Gasteiger partial charge in [0.15, 0.2) is 0 Å². The molecule has 0 amide bonds. The summed E-state index contributed by atoms with van der Waals surface area (Å²) in [5.41, 5.74) is 5.45. The molecule has 8 rings (SSSR count). The number of halogens is 4. The largest absolute Gasteiger partial charge is 0.435 e. The monoisotopic (exact) mass is 780 g/mol. The molecular formula is C42H48F4N4O6. The molecule has 2 aromatic carbocycles. The van der Waals surface area contributed by atoms with Gasteiger partial charge in [0.1, 0.15) is 23.1 Å². The van der Waals surface area contributed by atoms with E-state index < -0.39 is 24.4 Å². The van der Waals surface area contributed by atoms with Gasteiger partial charge in [-0.15, -0.1) is 0 Å². The van der Waals surface area contributed by atoms with Crippen LogP contribution in [0.25, 0.3) is 0 Å². The Morgan fingerprint density at radius 3 is 1.29 bits per heavy atom. The summed E-state index contributed by atoms with van der Waals surface area (Å²) in [5.74, 6) is 1.00. The topological polar surface area (TPSA) is 124 Å². The van der Waals surface area contributed by atoms with E-state index in [1.165, 1.54) is 0 Å². The number of rotatable bonds is 8. The number of ether oxygens (including phenoxy) is 2. The Bertz CT molecular complexity index is 1780. The summed E-state index contributed by atoms with van der Waals surface area (Å²) >= 11 is 0. The number of alkyl halides is 4. The Morgan fingerprint density at radius 1 is 0.625 bits per heavy atom. The summed E-state index contributed by atoms with van der Waals surface area (Å²) in [6.07, 6.45) is 4.73. The number of carbonyl (C=O) groups excluding carboxylic acids is 2. The molecule has 14 heteroatoms. The van der Waals surface area contributed by atoms with Gasteiger partial charge in [-0.3, -0.25) is 19.6 Å². The molecular weight excluding hydrogens is 732 g/mol. The van der Waals surface area contributed by atoms with E-state index in [0.717, 1.165) is 97.0 Å². The zero-order valence-electron chi connectivity index (χ0n) is 31.7. The molecule has 0 aromatic heterocycles. The smallest absolute Gasteiger partial charge is 0.387 e. The number of hydrogen-bond donors (Lipinski definition) is 2. The van der Waals surface area contributed by atoms with Crippen LogP contribution in [0.15, 0.2) is 80.8 Å². The Kier molecular flexibility index (Phi) is 11.4. The maximum Gasteiger partial charge on any atom is 0.387 e. The molecule has 2 aromatic rings. The fourth-order valence-corrected chi connectivity index (χ4v) is 9.35. The number of anilines is 2. The number of Topliss-reactive ketones (excluding diaryl/α,β-unsaturated/α-hetero) is 2. The Hall–Kier alpha value is -4.56. The van der Waals surface area contributed by atoms with Crippen LogP contribution in [0.2, 0.25) is 0 Å². The van der Waals surface area contributed by atoms with Crippen molar-refractivity contribution in [1.82, 2.24) is 0 Å². The van der Waals surface area contributed by atoms with Crippen molar-refractivity contribution in [2.45, 2.75) is 89.6 Å². The molecule has 2 fully saturated rings. The zero-order chi connectivity index (χ0) is 39.8. The highest BCUT2D eigenvalue weighted by Crippen LogP contribution is 2.42. The Balaban J connectivity index is 0.000000172. The van der Waals surface area contributed by atoms with Crippen molar-refractivity contribution >= 4 is 34.4 Å². The molecule has 0 radical (unpaired) electrons. The minimum Gasteiger partial charge on any atom is -0.435 e. The number of ketones is 2. The second kappa shape index (κ2) is 16.1. The van der Waals surface area contributed by atoms with Gasteiger partial charge in [-0.1, -0.05) is 0 Å². The average molecular weight is 781 g/mol. The molecule has 56 heavy (non-hydrogen) atoms. The first kappa shape index (κ1) is 39.7. The summed E-state index contributed by atoms with van der Waals surface area (Å²) in [6.45, 7) is 2.14. The number of piperidine rings is 2. The van der Waals surface area contributed by atoms with E-state index >= 15 is 0 Å². The minimum atomic E-state index is -2.82. The lowest BCUT2D eigenvalue weighted by Gasteiger charge is -2.37. The lowest BCUT2D eigenvalue weighted by Crippen LogP contribution is -2.42. The van der Waals surface area contributed by atoms with Gasteiger partial charge in [-0.2, -0.15) is 17.6 Å². The van der Waals surface area contributed by atoms with Crippen LogP contribution in [0.1, 0.15) is 65.2 Å². The van der Waals surface area contributed by atoms with Crippen LogP contribution in [-0.4, -0.2) is 96.9 Å². The first-order valence-corrected chi connectivity index (χ1v) is 19.3. The van der Waals surface area contributed by atoms with Crippen molar-refractivity contribution in [2.75, 3.05) is 49.1 Å². The van der Waals surface area contributed by atoms with Gasteiger partial charge < -0.3 is 29.5 Å². The second-order valence-electron chi connectivity index (χ2n) is 16.0. The van der Waals surface area contributed by atoms with Gasteiger partial charge >= 0.3 is 13.2 Å². The Morgan fingerprint density at radius 2 is 0.964 bits per heavy atom. The van der Waals surface area contributed by atoms with Crippen molar-refractivity contribution in [3.8, 4) is 11.5 Å².